The highest BCUT2D eigenvalue weighted by Crippen LogP contribution is 2.49. The summed E-state index contributed by atoms with van der Waals surface area (Å²) in [4.78, 5) is 29.5. The van der Waals surface area contributed by atoms with E-state index in [1.807, 2.05) is 16.9 Å². The SMILES string of the molecule is CN1CCN(C(=O)C2(Cn3cccn3)CC2)C[C@]12CCNC(=O)CC2. The summed E-state index contributed by atoms with van der Waals surface area (Å²) in [7, 11) is 2.13. The first-order valence-electron chi connectivity index (χ1n) is 9.28. The highest BCUT2D eigenvalue weighted by atomic mass is 16.2. The van der Waals surface area contributed by atoms with Crippen LogP contribution in [0.3, 0.4) is 0 Å². The standard InChI is InChI=1S/C18H27N5O2/c1-21-11-12-22(14-18(21)4-3-15(24)19-9-7-18)16(25)17(5-6-17)13-23-10-2-8-20-23/h2,8,10H,3-7,9,11-14H2,1H3,(H,19,24)/t18-/m0/s1. The van der Waals surface area contributed by atoms with E-state index >= 15 is 0 Å². The molecule has 0 radical (unpaired) electrons. The van der Waals surface area contributed by atoms with E-state index < -0.39 is 0 Å². The van der Waals surface area contributed by atoms with Gasteiger partial charge >= 0.3 is 0 Å². The van der Waals surface area contributed by atoms with Crippen LogP contribution in [-0.4, -0.2) is 70.2 Å². The van der Waals surface area contributed by atoms with Crippen LogP contribution in [-0.2, 0) is 16.1 Å². The zero-order valence-corrected chi connectivity index (χ0v) is 14.9. The van der Waals surface area contributed by atoms with E-state index in [4.69, 9.17) is 0 Å². The van der Waals surface area contributed by atoms with Gasteiger partial charge in [0.25, 0.3) is 0 Å². The van der Waals surface area contributed by atoms with Gasteiger partial charge in [-0.1, -0.05) is 0 Å². The van der Waals surface area contributed by atoms with Gasteiger partial charge in [0.15, 0.2) is 0 Å². The van der Waals surface area contributed by atoms with Gasteiger partial charge in [0.1, 0.15) is 0 Å². The van der Waals surface area contributed by atoms with Gasteiger partial charge in [-0.3, -0.25) is 19.2 Å². The minimum absolute atomic E-state index is 0.0746. The molecule has 1 atom stereocenters. The highest BCUT2D eigenvalue weighted by Gasteiger charge is 2.54. The number of amides is 2. The largest absolute Gasteiger partial charge is 0.356 e. The number of nitrogens with zero attached hydrogens (tertiary/aromatic N) is 4. The van der Waals surface area contributed by atoms with Crippen molar-refractivity contribution in [3.05, 3.63) is 18.5 Å². The Morgan fingerprint density at radius 1 is 1.28 bits per heavy atom. The molecule has 7 nitrogen and oxygen atoms in total. The lowest BCUT2D eigenvalue weighted by Gasteiger charge is -2.49. The number of rotatable bonds is 3. The fourth-order valence-corrected chi connectivity index (χ4v) is 4.40. The summed E-state index contributed by atoms with van der Waals surface area (Å²) < 4.78 is 1.88. The van der Waals surface area contributed by atoms with Crippen molar-refractivity contribution >= 4 is 11.8 Å². The normalized spacial score (nSPS) is 29.3. The summed E-state index contributed by atoms with van der Waals surface area (Å²) in [6.45, 7) is 3.76. The third-order valence-electron chi connectivity index (χ3n) is 6.35. The fourth-order valence-electron chi connectivity index (χ4n) is 4.40. The maximum atomic E-state index is 13.3. The zero-order valence-electron chi connectivity index (χ0n) is 14.9. The second-order valence-electron chi connectivity index (χ2n) is 7.96. The maximum absolute atomic E-state index is 13.3. The maximum Gasteiger partial charge on any atom is 0.230 e. The van der Waals surface area contributed by atoms with Crippen molar-refractivity contribution in [1.82, 2.24) is 24.9 Å². The van der Waals surface area contributed by atoms with Crippen LogP contribution in [0.4, 0.5) is 0 Å². The van der Waals surface area contributed by atoms with Crippen molar-refractivity contribution in [2.24, 2.45) is 5.41 Å². The van der Waals surface area contributed by atoms with Crippen LogP contribution < -0.4 is 5.32 Å². The molecule has 1 spiro atoms. The van der Waals surface area contributed by atoms with E-state index in [0.717, 1.165) is 45.3 Å². The lowest BCUT2D eigenvalue weighted by Crippen LogP contribution is -2.63. The van der Waals surface area contributed by atoms with Gasteiger partial charge in [0, 0.05) is 50.5 Å². The van der Waals surface area contributed by atoms with Gasteiger partial charge < -0.3 is 10.2 Å². The van der Waals surface area contributed by atoms with Gasteiger partial charge in [-0.15, -0.1) is 0 Å². The molecule has 3 heterocycles. The van der Waals surface area contributed by atoms with E-state index in [1.54, 1.807) is 6.20 Å². The van der Waals surface area contributed by atoms with Crippen LogP contribution in [0.2, 0.25) is 0 Å². The number of aromatic nitrogens is 2. The third kappa shape index (κ3) is 3.05. The lowest BCUT2D eigenvalue weighted by atomic mass is 9.85. The number of carbonyl (C=O) groups is 2. The van der Waals surface area contributed by atoms with Crippen molar-refractivity contribution in [2.75, 3.05) is 33.2 Å². The molecule has 0 aromatic carbocycles. The monoisotopic (exact) mass is 345 g/mol. The number of hydrogen-bond donors (Lipinski definition) is 1. The van der Waals surface area contributed by atoms with Crippen molar-refractivity contribution in [3.8, 4) is 0 Å². The van der Waals surface area contributed by atoms with Gasteiger partial charge in [0.2, 0.25) is 11.8 Å². The molecular formula is C18H27N5O2. The zero-order chi connectivity index (χ0) is 17.5. The third-order valence-corrected chi connectivity index (χ3v) is 6.35. The highest BCUT2D eigenvalue weighted by molar-refractivity contribution is 5.85. The topological polar surface area (TPSA) is 70.5 Å². The molecule has 1 aromatic rings. The predicted octanol–water partition coefficient (Wildman–Crippen LogP) is 0.476. The average Bonchev–Trinajstić information content (AvgIpc) is 3.25. The molecule has 1 aromatic heterocycles. The minimum atomic E-state index is -0.262. The van der Waals surface area contributed by atoms with Crippen LogP contribution in [0.5, 0.6) is 0 Å². The summed E-state index contributed by atoms with van der Waals surface area (Å²) in [5, 5.41) is 7.25. The Bertz CT molecular complexity index is 654. The molecule has 0 bridgehead atoms. The second-order valence-corrected chi connectivity index (χ2v) is 7.96. The molecule has 3 fully saturated rings. The van der Waals surface area contributed by atoms with E-state index in [0.29, 0.717) is 19.5 Å². The molecular weight excluding hydrogens is 318 g/mol. The Morgan fingerprint density at radius 3 is 2.84 bits per heavy atom. The first-order chi connectivity index (χ1) is 12.0. The Hall–Kier alpha value is -1.89. The van der Waals surface area contributed by atoms with Crippen LogP contribution in [0.15, 0.2) is 18.5 Å². The quantitative estimate of drug-likeness (QED) is 0.865. The summed E-state index contributed by atoms with van der Waals surface area (Å²) in [6, 6.07) is 1.90. The molecule has 2 aliphatic heterocycles. The van der Waals surface area contributed by atoms with Gasteiger partial charge in [-0.25, -0.2) is 0 Å². The Morgan fingerprint density at radius 2 is 2.12 bits per heavy atom. The van der Waals surface area contributed by atoms with E-state index in [9.17, 15) is 9.59 Å². The number of likely N-dealkylation sites (N-methyl/N-ethyl adjacent to an activating group) is 1. The number of carbonyl (C=O) groups excluding carboxylic acids is 2. The van der Waals surface area contributed by atoms with Crippen LogP contribution >= 0.6 is 0 Å². The predicted molar refractivity (Wildman–Crippen MR) is 92.7 cm³/mol. The Kier molecular flexibility index (Phi) is 4.06. The lowest BCUT2D eigenvalue weighted by molar-refractivity contribution is -0.143. The number of nitrogens with one attached hydrogen (secondary N) is 1. The average molecular weight is 345 g/mol. The van der Waals surface area contributed by atoms with Crippen molar-refractivity contribution < 1.29 is 9.59 Å². The van der Waals surface area contributed by atoms with Crippen LogP contribution in [0.1, 0.15) is 32.1 Å². The molecule has 0 unspecified atom stereocenters. The van der Waals surface area contributed by atoms with Crippen molar-refractivity contribution in [2.45, 2.75) is 44.2 Å². The minimum Gasteiger partial charge on any atom is -0.356 e. The molecule has 2 amide bonds. The number of piperazine rings is 1. The molecule has 3 aliphatic rings. The van der Waals surface area contributed by atoms with E-state index in [2.05, 4.69) is 27.3 Å². The van der Waals surface area contributed by atoms with Crippen molar-refractivity contribution in [1.29, 1.82) is 0 Å². The first-order valence-corrected chi connectivity index (χ1v) is 9.28. The van der Waals surface area contributed by atoms with Crippen molar-refractivity contribution in [3.63, 3.8) is 0 Å². The van der Waals surface area contributed by atoms with E-state index in [1.165, 1.54) is 0 Å². The summed E-state index contributed by atoms with van der Waals surface area (Å²) in [6.07, 6.45) is 7.87. The smallest absolute Gasteiger partial charge is 0.230 e. The molecule has 4 rings (SSSR count). The molecule has 1 aliphatic carbocycles. The molecule has 1 saturated carbocycles. The molecule has 2 saturated heterocycles. The van der Waals surface area contributed by atoms with Crippen LogP contribution in [0.25, 0.3) is 0 Å². The van der Waals surface area contributed by atoms with E-state index in [-0.39, 0.29) is 22.8 Å². The Labute approximate surface area is 148 Å². The van der Waals surface area contributed by atoms with Crippen LogP contribution in [0, 0.1) is 5.41 Å². The Balaban J connectivity index is 1.49. The van der Waals surface area contributed by atoms with Gasteiger partial charge in [-0.2, -0.15) is 5.10 Å². The molecule has 25 heavy (non-hydrogen) atoms. The first kappa shape index (κ1) is 16.6. The summed E-state index contributed by atoms with van der Waals surface area (Å²) in [5.41, 5.74) is -0.337. The molecule has 136 valence electrons. The molecule has 1 N–H and O–H groups in total. The summed E-state index contributed by atoms with van der Waals surface area (Å²) >= 11 is 0. The van der Waals surface area contributed by atoms with Gasteiger partial charge in [0.05, 0.1) is 12.0 Å². The number of hydrogen-bond acceptors (Lipinski definition) is 4. The summed E-state index contributed by atoms with van der Waals surface area (Å²) in [5.74, 6) is 0.407. The fraction of sp³-hybridized carbons (Fsp3) is 0.722. The second kappa shape index (κ2) is 6.12. The van der Waals surface area contributed by atoms with Gasteiger partial charge in [-0.05, 0) is 38.8 Å². The molecule has 7 heteroatoms.